The third-order valence-corrected chi connectivity index (χ3v) is 8.96. The largest absolute Gasteiger partial charge is 0.494 e. The van der Waals surface area contributed by atoms with Gasteiger partial charge in [0.25, 0.3) is 5.91 Å². The molecule has 3 aromatic carbocycles. The summed E-state index contributed by atoms with van der Waals surface area (Å²) in [5.41, 5.74) is 24.9. The number of carbonyl (C=O) groups excluding carboxylic acids is 1. The van der Waals surface area contributed by atoms with Gasteiger partial charge in [-0.1, -0.05) is 78.0 Å². The predicted molar refractivity (Wildman–Crippen MR) is 183 cm³/mol. The molecule has 1 amide bonds. The lowest BCUT2D eigenvalue weighted by Crippen LogP contribution is -2.56. The number of hydrogen-bond acceptors (Lipinski definition) is 9. The Balaban J connectivity index is 1.59. The Morgan fingerprint density at radius 3 is 2.29 bits per heavy atom. The predicted octanol–water partition coefficient (Wildman–Crippen LogP) is 5.88. The van der Waals surface area contributed by atoms with E-state index in [4.69, 9.17) is 30.6 Å². The maximum Gasteiger partial charge on any atom is 0.266 e. The van der Waals surface area contributed by atoms with E-state index in [1.165, 1.54) is 0 Å². The molecule has 14 heteroatoms. The van der Waals surface area contributed by atoms with Gasteiger partial charge in [-0.05, 0) is 70.4 Å². The fourth-order valence-corrected chi connectivity index (χ4v) is 6.37. The van der Waals surface area contributed by atoms with Crippen LogP contribution in [-0.4, -0.2) is 52.9 Å². The number of azide groups is 2. The maximum absolute atomic E-state index is 14.7. The first-order chi connectivity index (χ1) is 23.9. The lowest BCUT2D eigenvalue weighted by Gasteiger charge is -2.34. The monoisotopic (exact) mass is 667 g/mol. The van der Waals surface area contributed by atoms with Gasteiger partial charge in [-0.3, -0.25) is 10.2 Å². The van der Waals surface area contributed by atoms with Crippen LogP contribution >= 0.6 is 0 Å². The highest BCUT2D eigenvalue weighted by Gasteiger charge is 2.54. The van der Waals surface area contributed by atoms with Gasteiger partial charge in [0.2, 0.25) is 5.90 Å². The second-order valence-corrected chi connectivity index (χ2v) is 12.3. The summed E-state index contributed by atoms with van der Waals surface area (Å²) in [7, 11) is 0. The van der Waals surface area contributed by atoms with Crippen LogP contribution in [-0.2, 0) is 29.0 Å². The number of nitrogens with one attached hydrogen (secondary N) is 2. The molecule has 2 aliphatic rings. The number of hydrazine groups is 1. The van der Waals surface area contributed by atoms with Crippen molar-refractivity contribution in [2.75, 3.05) is 19.8 Å². The van der Waals surface area contributed by atoms with Crippen LogP contribution in [0.3, 0.4) is 0 Å². The van der Waals surface area contributed by atoms with Gasteiger partial charge in [0.15, 0.2) is 11.6 Å². The summed E-state index contributed by atoms with van der Waals surface area (Å²) < 4.78 is 12.4. The molecule has 3 aromatic rings. The molecule has 4 N–H and O–H groups in total. The van der Waals surface area contributed by atoms with E-state index in [1.807, 2.05) is 48.5 Å². The maximum atomic E-state index is 14.7. The average Bonchev–Trinajstić information content (AvgIpc) is 3.51. The number of ether oxygens (including phenoxy) is 2. The molecule has 2 atom stereocenters. The minimum atomic E-state index is -1.60. The third-order valence-electron chi connectivity index (χ3n) is 8.96. The van der Waals surface area contributed by atoms with Crippen molar-refractivity contribution >= 4 is 11.8 Å². The summed E-state index contributed by atoms with van der Waals surface area (Å²) in [5.74, 6) is 0.333. The standard InChI is InChI=1S/C35H41N9O5/c36-43-38-22-27-10-3-2-9-26(27)21-35(33(46)42-40-24-34(47)17-6-1-7-18-34)31(30-12-5-4-11-28(30)23-39-44-37)49-32(41-35)25-13-15-29(16-14-25)48-20-8-19-45/h2-5,9-16,31,40,45,47H,1,6-8,17-24H2,(H,42,46)/t31-,35-/m0/s1. The molecule has 1 aliphatic heterocycles. The van der Waals surface area contributed by atoms with Crippen LogP contribution in [0.25, 0.3) is 20.9 Å². The second kappa shape index (κ2) is 16.8. The van der Waals surface area contributed by atoms with Crippen LogP contribution in [0.2, 0.25) is 0 Å². The van der Waals surface area contributed by atoms with Crippen molar-refractivity contribution < 1.29 is 24.5 Å². The number of aliphatic hydroxyl groups is 2. The van der Waals surface area contributed by atoms with E-state index in [0.717, 1.165) is 30.4 Å². The van der Waals surface area contributed by atoms with Gasteiger partial charge in [0, 0.05) is 41.4 Å². The van der Waals surface area contributed by atoms with Crippen LogP contribution in [0, 0.1) is 0 Å². The van der Waals surface area contributed by atoms with Crippen molar-refractivity contribution in [2.45, 2.75) is 75.3 Å². The molecule has 256 valence electrons. The Kier molecular flexibility index (Phi) is 12.1. The molecule has 49 heavy (non-hydrogen) atoms. The van der Waals surface area contributed by atoms with Gasteiger partial charge in [0.1, 0.15) is 5.75 Å². The van der Waals surface area contributed by atoms with E-state index >= 15 is 0 Å². The highest BCUT2D eigenvalue weighted by atomic mass is 16.5. The van der Waals surface area contributed by atoms with E-state index in [9.17, 15) is 9.90 Å². The lowest BCUT2D eigenvalue weighted by atomic mass is 9.80. The Hall–Kier alpha value is -5.10. The fourth-order valence-electron chi connectivity index (χ4n) is 6.37. The van der Waals surface area contributed by atoms with Crippen molar-refractivity contribution in [1.29, 1.82) is 0 Å². The minimum absolute atomic E-state index is 0.0234. The summed E-state index contributed by atoms with van der Waals surface area (Å²) in [6, 6.07) is 21.8. The molecule has 14 nitrogen and oxygen atoms in total. The number of nitrogens with zero attached hydrogens (tertiary/aromatic N) is 7. The number of aliphatic hydroxyl groups excluding tert-OH is 1. The van der Waals surface area contributed by atoms with Crippen molar-refractivity contribution in [3.05, 3.63) is 121 Å². The number of hydrogen-bond donors (Lipinski definition) is 4. The molecule has 1 saturated carbocycles. The minimum Gasteiger partial charge on any atom is -0.494 e. The van der Waals surface area contributed by atoms with E-state index < -0.39 is 23.2 Å². The summed E-state index contributed by atoms with van der Waals surface area (Å²) in [4.78, 5) is 25.6. The van der Waals surface area contributed by atoms with Gasteiger partial charge in [-0.2, -0.15) is 0 Å². The Morgan fingerprint density at radius 2 is 1.59 bits per heavy atom. The molecular formula is C35H41N9O5. The van der Waals surface area contributed by atoms with Crippen LogP contribution in [0.4, 0.5) is 0 Å². The zero-order valence-electron chi connectivity index (χ0n) is 27.2. The molecule has 0 spiro atoms. The quantitative estimate of drug-likeness (QED) is 0.0481. The smallest absolute Gasteiger partial charge is 0.266 e. The van der Waals surface area contributed by atoms with E-state index in [0.29, 0.717) is 48.3 Å². The molecule has 0 unspecified atom stereocenters. The van der Waals surface area contributed by atoms with Crippen LogP contribution in [0.15, 0.2) is 88.0 Å². The summed E-state index contributed by atoms with van der Waals surface area (Å²) in [5, 5.41) is 27.8. The molecule has 0 aromatic heterocycles. The van der Waals surface area contributed by atoms with Crippen molar-refractivity contribution in [3.8, 4) is 5.75 Å². The van der Waals surface area contributed by atoms with Crippen LogP contribution < -0.4 is 15.6 Å². The number of carbonyl (C=O) groups is 1. The Bertz CT molecular complexity index is 1710. The summed E-state index contributed by atoms with van der Waals surface area (Å²) >= 11 is 0. The van der Waals surface area contributed by atoms with Gasteiger partial charge in [0.05, 0.1) is 25.3 Å². The zero-order valence-corrected chi connectivity index (χ0v) is 27.2. The number of amides is 1. The SMILES string of the molecule is [N-]=[N+]=NCc1ccccc1C[C@]1(C(=O)NNCC2(O)CCCCC2)N=C(c2ccc(OCCCO)cc2)O[C@H]1c1ccccc1CN=[N+]=[N-]. The molecule has 0 bridgehead atoms. The van der Waals surface area contributed by atoms with E-state index in [-0.39, 0.29) is 38.6 Å². The van der Waals surface area contributed by atoms with Crippen LogP contribution in [0.1, 0.15) is 72.4 Å². The average molecular weight is 668 g/mol. The second-order valence-electron chi connectivity index (χ2n) is 12.3. The first kappa shape index (κ1) is 35.2. The molecule has 1 heterocycles. The molecule has 5 rings (SSSR count). The number of aliphatic imine (C=N–C) groups is 1. The topological polar surface area (TPSA) is 210 Å². The summed E-state index contributed by atoms with van der Waals surface area (Å²) in [6.45, 7) is 0.643. The summed E-state index contributed by atoms with van der Waals surface area (Å²) in [6.07, 6.45) is 3.74. The lowest BCUT2D eigenvalue weighted by molar-refractivity contribution is -0.130. The first-order valence-electron chi connectivity index (χ1n) is 16.4. The van der Waals surface area contributed by atoms with Crippen molar-refractivity contribution in [3.63, 3.8) is 0 Å². The molecule has 0 radical (unpaired) electrons. The molecule has 1 fully saturated rings. The third kappa shape index (κ3) is 8.69. The van der Waals surface area contributed by atoms with Gasteiger partial charge < -0.3 is 19.7 Å². The molecule has 0 saturated heterocycles. The number of rotatable bonds is 16. The normalized spacial score (nSPS) is 19.5. The Morgan fingerprint density at radius 1 is 0.939 bits per heavy atom. The van der Waals surface area contributed by atoms with E-state index in [1.54, 1.807) is 24.3 Å². The van der Waals surface area contributed by atoms with Crippen LogP contribution in [0.5, 0.6) is 5.75 Å². The first-order valence-corrected chi connectivity index (χ1v) is 16.4. The molecular weight excluding hydrogens is 626 g/mol. The number of benzene rings is 3. The van der Waals surface area contributed by atoms with Gasteiger partial charge >= 0.3 is 0 Å². The molecule has 1 aliphatic carbocycles. The zero-order chi connectivity index (χ0) is 34.5. The Labute approximate surface area is 284 Å². The highest BCUT2D eigenvalue weighted by molar-refractivity contribution is 6.01. The van der Waals surface area contributed by atoms with Gasteiger partial charge in [-0.25, -0.2) is 10.4 Å². The van der Waals surface area contributed by atoms with Crippen molar-refractivity contribution in [2.24, 2.45) is 15.2 Å². The van der Waals surface area contributed by atoms with Gasteiger partial charge in [-0.15, -0.1) is 0 Å². The highest BCUT2D eigenvalue weighted by Crippen LogP contribution is 2.44. The van der Waals surface area contributed by atoms with Crippen molar-refractivity contribution in [1.82, 2.24) is 10.9 Å². The fraction of sp³-hybridized carbons (Fsp3) is 0.429. The van der Waals surface area contributed by atoms with E-state index in [2.05, 4.69) is 30.9 Å².